The minimum absolute atomic E-state index is 0.978. The molecule has 39 heavy (non-hydrogen) atoms. The van der Waals surface area contributed by atoms with Crippen LogP contribution in [0.15, 0.2) is 12.2 Å². The van der Waals surface area contributed by atoms with Crippen molar-refractivity contribution in [2.75, 3.05) is 20.1 Å². The monoisotopic (exact) mass is 548 g/mol. The number of hydrogen-bond donors (Lipinski definition) is 0. The predicted octanol–water partition coefficient (Wildman–Crippen LogP) is 13.3. The Bertz CT molecular complexity index is 473. The van der Waals surface area contributed by atoms with Crippen LogP contribution in [0.1, 0.15) is 201 Å². The van der Waals surface area contributed by atoms with Crippen molar-refractivity contribution in [3.8, 4) is 0 Å². The predicted molar refractivity (Wildman–Crippen MR) is 181 cm³/mol. The van der Waals surface area contributed by atoms with Crippen LogP contribution in [0.3, 0.4) is 0 Å². The first-order valence-corrected chi connectivity index (χ1v) is 18.4. The molecule has 0 aliphatic carbocycles. The highest BCUT2D eigenvalue weighted by molar-refractivity contribution is 4.93. The summed E-state index contributed by atoms with van der Waals surface area (Å²) in [5.74, 6) is 1.98. The van der Waals surface area contributed by atoms with Gasteiger partial charge in [-0.25, -0.2) is 0 Å². The maximum absolute atomic E-state index is 4.43. The van der Waals surface area contributed by atoms with Crippen molar-refractivity contribution in [3.63, 3.8) is 0 Å². The Labute approximate surface area is 249 Å². The Morgan fingerprint density at radius 2 is 0.897 bits per heavy atom. The third-order valence-electron chi connectivity index (χ3n) is 9.32. The molecular formula is C38H77N. The first-order valence-electron chi connectivity index (χ1n) is 18.4. The topological polar surface area (TPSA) is 3.24 Å². The van der Waals surface area contributed by atoms with Crippen LogP contribution in [-0.4, -0.2) is 25.0 Å². The SMILES string of the molecule is C=C(CCCCCCN(C)CCCCCCCCCC(CC)CCC)CCCC(CCCCC)CCCCC. The van der Waals surface area contributed by atoms with Crippen LogP contribution in [0.5, 0.6) is 0 Å². The molecule has 0 saturated carbocycles. The number of unbranched alkanes of at least 4 members (excludes halogenated alkanes) is 13. The summed E-state index contributed by atoms with van der Waals surface area (Å²) in [5, 5.41) is 0. The molecule has 1 nitrogen and oxygen atoms in total. The van der Waals surface area contributed by atoms with Gasteiger partial charge < -0.3 is 4.90 Å². The molecule has 0 aromatic rings. The molecule has 0 saturated heterocycles. The molecule has 0 N–H and O–H groups in total. The van der Waals surface area contributed by atoms with Gasteiger partial charge in [0.2, 0.25) is 0 Å². The summed E-state index contributed by atoms with van der Waals surface area (Å²) in [4.78, 5) is 2.58. The minimum Gasteiger partial charge on any atom is -0.306 e. The molecule has 0 aliphatic rings. The summed E-state index contributed by atoms with van der Waals surface area (Å²) in [6.07, 6.45) is 38.1. The standard InChI is InChI=1S/C38H77N/c1-7-11-20-31-38(32-21-12-8-2)33-26-29-36(5)28-22-17-19-25-35-39(6)34-24-18-15-13-14-16-23-30-37(10-4)27-9-3/h37-38H,5,7-35H2,1-4,6H3. The minimum atomic E-state index is 0.978. The quantitative estimate of drug-likeness (QED) is 0.0598. The van der Waals surface area contributed by atoms with E-state index >= 15 is 0 Å². The van der Waals surface area contributed by atoms with Gasteiger partial charge in [0.15, 0.2) is 0 Å². The summed E-state index contributed by atoms with van der Waals surface area (Å²) in [7, 11) is 2.33. The second-order valence-electron chi connectivity index (χ2n) is 13.3. The smallest absolute Gasteiger partial charge is 0.00218 e. The van der Waals surface area contributed by atoms with Gasteiger partial charge in [0, 0.05) is 0 Å². The number of allylic oxidation sites excluding steroid dienone is 1. The summed E-state index contributed by atoms with van der Waals surface area (Å²) >= 11 is 0. The van der Waals surface area contributed by atoms with Crippen molar-refractivity contribution >= 4 is 0 Å². The summed E-state index contributed by atoms with van der Waals surface area (Å²) in [6.45, 7) is 16.4. The van der Waals surface area contributed by atoms with Crippen molar-refractivity contribution in [2.24, 2.45) is 11.8 Å². The lowest BCUT2D eigenvalue weighted by Crippen LogP contribution is -2.20. The second-order valence-corrected chi connectivity index (χ2v) is 13.3. The van der Waals surface area contributed by atoms with Gasteiger partial charge in [-0.3, -0.25) is 0 Å². The van der Waals surface area contributed by atoms with Crippen LogP contribution < -0.4 is 0 Å². The molecule has 0 amide bonds. The average Bonchev–Trinajstić information content (AvgIpc) is 2.93. The zero-order valence-corrected chi connectivity index (χ0v) is 28.3. The summed E-state index contributed by atoms with van der Waals surface area (Å²) < 4.78 is 0. The third-order valence-corrected chi connectivity index (χ3v) is 9.32. The molecule has 1 unspecified atom stereocenters. The number of hydrogen-bond acceptors (Lipinski definition) is 1. The molecule has 0 rings (SSSR count). The molecule has 234 valence electrons. The lowest BCUT2D eigenvalue weighted by atomic mass is 9.89. The lowest BCUT2D eigenvalue weighted by Gasteiger charge is -2.17. The maximum atomic E-state index is 4.43. The summed E-state index contributed by atoms with van der Waals surface area (Å²) in [6, 6.07) is 0. The van der Waals surface area contributed by atoms with Gasteiger partial charge in [-0.2, -0.15) is 0 Å². The first kappa shape index (κ1) is 38.7. The molecule has 0 heterocycles. The van der Waals surface area contributed by atoms with E-state index in [1.807, 2.05) is 0 Å². The van der Waals surface area contributed by atoms with Gasteiger partial charge in [-0.05, 0) is 70.5 Å². The van der Waals surface area contributed by atoms with Gasteiger partial charge in [0.25, 0.3) is 0 Å². The van der Waals surface area contributed by atoms with Crippen LogP contribution in [-0.2, 0) is 0 Å². The van der Waals surface area contributed by atoms with Gasteiger partial charge in [0.05, 0.1) is 0 Å². The Balaban J connectivity index is 3.59. The highest BCUT2D eigenvalue weighted by Crippen LogP contribution is 2.25. The Kier molecular flexibility index (Phi) is 30.4. The fraction of sp³-hybridized carbons (Fsp3) is 0.947. The van der Waals surface area contributed by atoms with Crippen molar-refractivity contribution in [1.82, 2.24) is 4.90 Å². The van der Waals surface area contributed by atoms with Gasteiger partial charge in [-0.1, -0.05) is 175 Å². The fourth-order valence-electron chi connectivity index (χ4n) is 6.45. The maximum Gasteiger partial charge on any atom is -0.00218 e. The van der Waals surface area contributed by atoms with Crippen molar-refractivity contribution in [2.45, 2.75) is 201 Å². The molecule has 0 fully saturated rings. The van der Waals surface area contributed by atoms with E-state index in [0.29, 0.717) is 0 Å². The Morgan fingerprint density at radius 3 is 1.44 bits per heavy atom. The van der Waals surface area contributed by atoms with E-state index in [9.17, 15) is 0 Å². The fourth-order valence-corrected chi connectivity index (χ4v) is 6.45. The van der Waals surface area contributed by atoms with E-state index in [1.54, 1.807) is 0 Å². The molecule has 0 spiro atoms. The van der Waals surface area contributed by atoms with Gasteiger partial charge in [-0.15, -0.1) is 0 Å². The van der Waals surface area contributed by atoms with E-state index in [-0.39, 0.29) is 0 Å². The van der Waals surface area contributed by atoms with Crippen LogP contribution in [0.25, 0.3) is 0 Å². The van der Waals surface area contributed by atoms with Crippen LogP contribution in [0.2, 0.25) is 0 Å². The first-order chi connectivity index (χ1) is 19.1. The van der Waals surface area contributed by atoms with Crippen molar-refractivity contribution in [3.05, 3.63) is 12.2 Å². The van der Waals surface area contributed by atoms with Crippen LogP contribution >= 0.6 is 0 Å². The zero-order valence-electron chi connectivity index (χ0n) is 28.3. The molecule has 1 atom stereocenters. The largest absolute Gasteiger partial charge is 0.306 e. The van der Waals surface area contributed by atoms with E-state index in [0.717, 1.165) is 11.8 Å². The number of rotatable bonds is 32. The Hall–Kier alpha value is -0.300. The molecule has 0 radical (unpaired) electrons. The molecule has 0 aromatic heterocycles. The van der Waals surface area contributed by atoms with Gasteiger partial charge in [0.1, 0.15) is 0 Å². The average molecular weight is 548 g/mol. The van der Waals surface area contributed by atoms with Crippen LogP contribution in [0, 0.1) is 11.8 Å². The van der Waals surface area contributed by atoms with Gasteiger partial charge >= 0.3 is 0 Å². The van der Waals surface area contributed by atoms with Crippen LogP contribution in [0.4, 0.5) is 0 Å². The molecule has 1 heteroatoms. The van der Waals surface area contributed by atoms with E-state index in [4.69, 9.17) is 0 Å². The normalized spacial score (nSPS) is 12.6. The van der Waals surface area contributed by atoms with Crippen molar-refractivity contribution < 1.29 is 0 Å². The Morgan fingerprint density at radius 1 is 0.462 bits per heavy atom. The molecule has 0 aromatic carbocycles. The lowest BCUT2D eigenvalue weighted by molar-refractivity contribution is 0.314. The summed E-state index contributed by atoms with van der Waals surface area (Å²) in [5.41, 5.74) is 1.52. The molecule has 0 bridgehead atoms. The zero-order chi connectivity index (χ0) is 28.8. The van der Waals surface area contributed by atoms with E-state index in [1.165, 1.54) is 192 Å². The third kappa shape index (κ3) is 27.6. The molecule has 0 aliphatic heterocycles. The van der Waals surface area contributed by atoms with E-state index < -0.39 is 0 Å². The highest BCUT2D eigenvalue weighted by Gasteiger charge is 2.09. The second kappa shape index (κ2) is 30.7. The van der Waals surface area contributed by atoms with E-state index in [2.05, 4.69) is 46.2 Å². The highest BCUT2D eigenvalue weighted by atomic mass is 15.1. The molecular weight excluding hydrogens is 470 g/mol. The van der Waals surface area contributed by atoms with Crippen molar-refractivity contribution in [1.29, 1.82) is 0 Å². The number of nitrogens with zero attached hydrogens (tertiary/aromatic N) is 1.